The van der Waals surface area contributed by atoms with Crippen LogP contribution in [0.2, 0.25) is 0 Å². The number of hydrogen-bond acceptors (Lipinski definition) is 3. The summed E-state index contributed by atoms with van der Waals surface area (Å²) in [6.45, 7) is 4.08. The Morgan fingerprint density at radius 3 is 2.74 bits per heavy atom. The average Bonchev–Trinajstić information content (AvgIpc) is 2.36. The van der Waals surface area contributed by atoms with Gasteiger partial charge in [-0.25, -0.2) is 4.39 Å². The molecule has 1 amide bonds. The van der Waals surface area contributed by atoms with Gasteiger partial charge in [0.2, 0.25) is 0 Å². The van der Waals surface area contributed by atoms with Crippen molar-refractivity contribution in [3.8, 4) is 0 Å². The second kappa shape index (κ2) is 4.81. The minimum atomic E-state index is -0.574. The minimum absolute atomic E-state index is 0.0329. The highest BCUT2D eigenvalue weighted by atomic mass is 19.1. The summed E-state index contributed by atoms with van der Waals surface area (Å²) >= 11 is 0. The first-order valence-electron chi connectivity index (χ1n) is 6.25. The molecule has 0 aromatic heterocycles. The van der Waals surface area contributed by atoms with Crippen molar-refractivity contribution in [3.63, 3.8) is 0 Å². The van der Waals surface area contributed by atoms with Crippen LogP contribution in [0, 0.1) is 11.2 Å². The monoisotopic (exact) mass is 266 g/mol. The van der Waals surface area contributed by atoms with Gasteiger partial charge in [-0.1, -0.05) is 13.8 Å². The molecule has 1 saturated carbocycles. The summed E-state index contributed by atoms with van der Waals surface area (Å²) in [4.78, 5) is 12.0. The number of benzene rings is 1. The van der Waals surface area contributed by atoms with Crippen molar-refractivity contribution in [3.05, 3.63) is 29.6 Å². The quantitative estimate of drug-likeness (QED) is 0.822. The molecule has 104 valence electrons. The number of nitrogens with one attached hydrogen (secondary N) is 1. The third-order valence-corrected chi connectivity index (χ3v) is 4.03. The van der Waals surface area contributed by atoms with Crippen LogP contribution in [0.4, 0.5) is 10.1 Å². The molecule has 0 aliphatic heterocycles. The molecule has 1 fully saturated rings. The highest BCUT2D eigenvalue weighted by Gasteiger charge is 2.49. The summed E-state index contributed by atoms with van der Waals surface area (Å²) in [5.41, 5.74) is 5.59. The summed E-state index contributed by atoms with van der Waals surface area (Å²) in [6, 6.07) is 4.11. The number of anilines is 1. The van der Waals surface area contributed by atoms with Gasteiger partial charge >= 0.3 is 0 Å². The zero-order valence-corrected chi connectivity index (χ0v) is 11.4. The summed E-state index contributed by atoms with van der Waals surface area (Å²) in [6.07, 6.45) is 0.910. The van der Waals surface area contributed by atoms with E-state index in [9.17, 15) is 9.18 Å². The number of nitrogen functional groups attached to an aromatic ring is 1. The highest BCUT2D eigenvalue weighted by molar-refractivity contribution is 5.94. The van der Waals surface area contributed by atoms with Crippen LogP contribution in [0.15, 0.2) is 18.2 Å². The van der Waals surface area contributed by atoms with Gasteiger partial charge in [0.05, 0.1) is 11.8 Å². The summed E-state index contributed by atoms with van der Waals surface area (Å²) < 4.78 is 18.6. The molecule has 0 spiro atoms. The van der Waals surface area contributed by atoms with Gasteiger partial charge in [-0.3, -0.25) is 4.79 Å². The van der Waals surface area contributed by atoms with Crippen molar-refractivity contribution < 1.29 is 13.9 Å². The predicted octanol–water partition coefficient (Wildman–Crippen LogP) is 1.95. The maximum atomic E-state index is 13.3. The third-order valence-electron chi connectivity index (χ3n) is 4.03. The Morgan fingerprint density at radius 1 is 1.53 bits per heavy atom. The van der Waals surface area contributed by atoms with E-state index in [4.69, 9.17) is 10.5 Å². The largest absolute Gasteiger partial charge is 0.396 e. The van der Waals surface area contributed by atoms with E-state index in [1.807, 2.05) is 13.8 Å². The number of hydrogen-bond donors (Lipinski definition) is 2. The lowest BCUT2D eigenvalue weighted by Crippen LogP contribution is -2.61. The average molecular weight is 266 g/mol. The molecule has 2 atom stereocenters. The standard InChI is InChI=1S/C14H19FN2O2/c1-14(2)11(7-12(14)19-3)17-13(18)8-4-5-10(16)9(15)6-8/h4-6,11-12H,7,16H2,1-3H3,(H,17,18). The molecule has 1 aromatic rings. The summed E-state index contributed by atoms with van der Waals surface area (Å²) in [5, 5.41) is 2.91. The fourth-order valence-electron chi connectivity index (χ4n) is 2.44. The molecule has 0 saturated heterocycles. The van der Waals surface area contributed by atoms with E-state index in [0.29, 0.717) is 0 Å². The maximum absolute atomic E-state index is 13.3. The van der Waals surface area contributed by atoms with Crippen LogP contribution >= 0.6 is 0 Å². The maximum Gasteiger partial charge on any atom is 0.251 e. The Labute approximate surface area is 112 Å². The molecule has 0 radical (unpaired) electrons. The number of methoxy groups -OCH3 is 1. The van der Waals surface area contributed by atoms with Gasteiger partial charge < -0.3 is 15.8 Å². The Hall–Kier alpha value is -1.62. The van der Waals surface area contributed by atoms with Gasteiger partial charge in [-0.15, -0.1) is 0 Å². The van der Waals surface area contributed by atoms with Crippen LogP contribution in [-0.4, -0.2) is 25.2 Å². The van der Waals surface area contributed by atoms with Gasteiger partial charge in [0.15, 0.2) is 0 Å². The second-order valence-corrected chi connectivity index (χ2v) is 5.54. The SMILES string of the molecule is COC1CC(NC(=O)c2ccc(N)c(F)c2)C1(C)C. The van der Waals surface area contributed by atoms with Crippen molar-refractivity contribution in [1.82, 2.24) is 5.32 Å². The molecular formula is C14H19FN2O2. The normalized spacial score (nSPS) is 24.6. The molecule has 2 rings (SSSR count). The van der Waals surface area contributed by atoms with E-state index < -0.39 is 5.82 Å². The third kappa shape index (κ3) is 2.42. The zero-order chi connectivity index (χ0) is 14.2. The molecular weight excluding hydrogens is 247 g/mol. The van der Waals surface area contributed by atoms with Crippen LogP contribution in [0.25, 0.3) is 0 Å². The number of amides is 1. The van der Waals surface area contributed by atoms with Crippen LogP contribution in [0.1, 0.15) is 30.6 Å². The number of rotatable bonds is 3. The molecule has 3 N–H and O–H groups in total. The van der Waals surface area contributed by atoms with E-state index in [1.54, 1.807) is 7.11 Å². The first-order valence-corrected chi connectivity index (χ1v) is 6.25. The zero-order valence-electron chi connectivity index (χ0n) is 11.4. The number of carbonyl (C=O) groups excluding carboxylic acids is 1. The van der Waals surface area contributed by atoms with Gasteiger partial charge in [0.1, 0.15) is 5.82 Å². The van der Waals surface area contributed by atoms with Crippen molar-refractivity contribution in [1.29, 1.82) is 0 Å². The number of carbonyl (C=O) groups is 1. The van der Waals surface area contributed by atoms with E-state index in [1.165, 1.54) is 12.1 Å². The fourth-order valence-corrected chi connectivity index (χ4v) is 2.44. The Balaban J connectivity index is 2.04. The summed E-state index contributed by atoms with van der Waals surface area (Å²) in [7, 11) is 1.67. The lowest BCUT2D eigenvalue weighted by molar-refractivity contribution is -0.0942. The van der Waals surface area contributed by atoms with Crippen LogP contribution in [0.3, 0.4) is 0 Å². The van der Waals surface area contributed by atoms with E-state index >= 15 is 0 Å². The number of ether oxygens (including phenoxy) is 1. The molecule has 19 heavy (non-hydrogen) atoms. The Morgan fingerprint density at radius 2 is 2.21 bits per heavy atom. The molecule has 4 nitrogen and oxygen atoms in total. The van der Waals surface area contributed by atoms with Crippen LogP contribution in [-0.2, 0) is 4.74 Å². The van der Waals surface area contributed by atoms with Crippen LogP contribution < -0.4 is 11.1 Å². The lowest BCUT2D eigenvalue weighted by atomic mass is 9.64. The lowest BCUT2D eigenvalue weighted by Gasteiger charge is -2.51. The van der Waals surface area contributed by atoms with E-state index in [0.717, 1.165) is 12.5 Å². The van der Waals surface area contributed by atoms with Crippen molar-refractivity contribution in [2.45, 2.75) is 32.4 Å². The van der Waals surface area contributed by atoms with Gasteiger partial charge in [-0.05, 0) is 24.6 Å². The number of nitrogens with two attached hydrogens (primary N) is 1. The smallest absolute Gasteiger partial charge is 0.251 e. The molecule has 2 unspecified atom stereocenters. The topological polar surface area (TPSA) is 64.3 Å². The predicted molar refractivity (Wildman–Crippen MR) is 71.3 cm³/mol. The first-order chi connectivity index (χ1) is 8.86. The van der Waals surface area contributed by atoms with Gasteiger partial charge in [0, 0.05) is 24.1 Å². The van der Waals surface area contributed by atoms with Crippen molar-refractivity contribution >= 4 is 11.6 Å². The molecule has 5 heteroatoms. The van der Waals surface area contributed by atoms with Crippen molar-refractivity contribution in [2.24, 2.45) is 5.41 Å². The second-order valence-electron chi connectivity index (χ2n) is 5.54. The summed E-state index contributed by atoms with van der Waals surface area (Å²) in [5.74, 6) is -0.859. The molecule has 0 heterocycles. The molecule has 1 aliphatic rings. The van der Waals surface area contributed by atoms with E-state index in [2.05, 4.69) is 5.32 Å². The first kappa shape index (κ1) is 13.8. The Kier molecular flexibility index (Phi) is 3.49. The fraction of sp³-hybridized carbons (Fsp3) is 0.500. The van der Waals surface area contributed by atoms with Crippen molar-refractivity contribution in [2.75, 3.05) is 12.8 Å². The highest BCUT2D eigenvalue weighted by Crippen LogP contribution is 2.42. The number of halogens is 1. The molecule has 1 aromatic carbocycles. The Bertz CT molecular complexity index is 502. The van der Waals surface area contributed by atoms with Gasteiger partial charge in [0.25, 0.3) is 5.91 Å². The van der Waals surface area contributed by atoms with Gasteiger partial charge in [-0.2, -0.15) is 0 Å². The molecule has 0 bridgehead atoms. The van der Waals surface area contributed by atoms with Crippen LogP contribution in [0.5, 0.6) is 0 Å². The minimum Gasteiger partial charge on any atom is -0.396 e. The van der Waals surface area contributed by atoms with E-state index in [-0.39, 0.29) is 34.7 Å². The molecule has 1 aliphatic carbocycles.